The minimum Gasteiger partial charge on any atom is -0.340 e. The Morgan fingerprint density at radius 2 is 2.09 bits per heavy atom. The Labute approximate surface area is 140 Å². The smallest absolute Gasteiger partial charge is 0.229 e. The van der Waals surface area contributed by atoms with E-state index in [-0.39, 0.29) is 17.9 Å². The number of pyridine rings is 1. The molecular weight excluding hydrogens is 312 g/mol. The van der Waals surface area contributed by atoms with Gasteiger partial charge in [0.15, 0.2) is 0 Å². The monoisotopic (exact) mass is 330 g/mol. The number of nitrogens with zero attached hydrogens (tertiary/aromatic N) is 2. The summed E-state index contributed by atoms with van der Waals surface area (Å²) in [7, 11) is 1.81. The van der Waals surface area contributed by atoms with E-state index < -0.39 is 0 Å². The van der Waals surface area contributed by atoms with Gasteiger partial charge in [-0.15, -0.1) is 0 Å². The molecule has 3 rings (SSSR count). The van der Waals surface area contributed by atoms with Crippen molar-refractivity contribution in [2.24, 2.45) is 5.92 Å². The van der Waals surface area contributed by atoms with Gasteiger partial charge in [0.05, 0.1) is 24.2 Å². The number of carbonyl (C=O) groups excluding carboxylic acids is 1. The van der Waals surface area contributed by atoms with Gasteiger partial charge in [-0.05, 0) is 29.8 Å². The number of hydrogen-bond donors (Lipinski definition) is 2. The summed E-state index contributed by atoms with van der Waals surface area (Å²) in [5.74, 6) is -0.0713. The third-order valence-electron chi connectivity index (χ3n) is 4.03. The van der Waals surface area contributed by atoms with Crippen molar-refractivity contribution in [3.8, 4) is 0 Å². The fourth-order valence-corrected chi connectivity index (χ4v) is 2.93. The molecule has 1 aliphatic rings. The van der Waals surface area contributed by atoms with Gasteiger partial charge in [-0.1, -0.05) is 29.8 Å². The third-order valence-corrected chi connectivity index (χ3v) is 4.28. The zero-order valence-corrected chi connectivity index (χ0v) is 13.6. The molecule has 2 atom stereocenters. The van der Waals surface area contributed by atoms with E-state index in [4.69, 9.17) is 11.6 Å². The number of aromatic nitrogens is 1. The number of rotatable bonds is 4. The molecule has 2 unspecified atom stereocenters. The van der Waals surface area contributed by atoms with Crippen molar-refractivity contribution in [3.63, 3.8) is 0 Å². The standard InChI is InChI=1S/C17H19ClN4O/c1-22(11-14-4-2-3-9-19-14)17(23)15-10-20-21-16(15)12-5-7-13(18)8-6-12/h2-9,15-16,20-21H,10-11H2,1H3. The van der Waals surface area contributed by atoms with Crippen molar-refractivity contribution >= 4 is 17.5 Å². The quantitative estimate of drug-likeness (QED) is 0.902. The van der Waals surface area contributed by atoms with Gasteiger partial charge in [0.2, 0.25) is 5.91 Å². The van der Waals surface area contributed by atoms with Gasteiger partial charge in [0.1, 0.15) is 0 Å². The molecule has 1 aromatic heterocycles. The summed E-state index contributed by atoms with van der Waals surface area (Å²) >= 11 is 5.94. The van der Waals surface area contributed by atoms with Crippen LogP contribution >= 0.6 is 11.6 Å². The molecule has 1 saturated heterocycles. The van der Waals surface area contributed by atoms with Gasteiger partial charge in [-0.25, -0.2) is 5.43 Å². The van der Waals surface area contributed by atoms with E-state index >= 15 is 0 Å². The lowest BCUT2D eigenvalue weighted by molar-refractivity contribution is -0.134. The Kier molecular flexibility index (Phi) is 4.91. The maximum Gasteiger partial charge on any atom is 0.229 e. The molecule has 6 heteroatoms. The van der Waals surface area contributed by atoms with Gasteiger partial charge in [0, 0.05) is 24.8 Å². The Morgan fingerprint density at radius 1 is 1.30 bits per heavy atom. The topological polar surface area (TPSA) is 57.3 Å². The van der Waals surface area contributed by atoms with Crippen LogP contribution in [0, 0.1) is 5.92 Å². The van der Waals surface area contributed by atoms with Crippen molar-refractivity contribution in [2.75, 3.05) is 13.6 Å². The van der Waals surface area contributed by atoms with Crippen molar-refractivity contribution < 1.29 is 4.79 Å². The van der Waals surface area contributed by atoms with E-state index in [1.165, 1.54) is 0 Å². The first-order valence-electron chi connectivity index (χ1n) is 7.54. The molecular formula is C17H19ClN4O. The summed E-state index contributed by atoms with van der Waals surface area (Å²) in [6.45, 7) is 1.10. The number of hydrazine groups is 1. The molecule has 2 heterocycles. The molecule has 0 bridgehead atoms. The molecule has 2 N–H and O–H groups in total. The van der Waals surface area contributed by atoms with Crippen LogP contribution in [0.5, 0.6) is 0 Å². The summed E-state index contributed by atoms with van der Waals surface area (Å²) in [5.41, 5.74) is 8.20. The van der Waals surface area contributed by atoms with E-state index in [0.717, 1.165) is 11.3 Å². The van der Waals surface area contributed by atoms with Crippen LogP contribution < -0.4 is 10.9 Å². The Bertz CT molecular complexity index is 662. The van der Waals surface area contributed by atoms with Crippen LogP contribution in [0.25, 0.3) is 0 Å². The molecule has 2 aromatic rings. The molecule has 1 fully saturated rings. The van der Waals surface area contributed by atoms with E-state index in [2.05, 4.69) is 15.8 Å². The average Bonchev–Trinajstić information content (AvgIpc) is 3.05. The summed E-state index contributed by atoms with van der Waals surface area (Å²) in [6.07, 6.45) is 1.74. The lowest BCUT2D eigenvalue weighted by atomic mass is 9.94. The van der Waals surface area contributed by atoms with Gasteiger partial charge in [-0.3, -0.25) is 15.2 Å². The zero-order chi connectivity index (χ0) is 16.2. The van der Waals surface area contributed by atoms with Crippen molar-refractivity contribution in [1.82, 2.24) is 20.7 Å². The molecule has 0 radical (unpaired) electrons. The second-order valence-electron chi connectivity index (χ2n) is 5.68. The maximum absolute atomic E-state index is 12.8. The zero-order valence-electron chi connectivity index (χ0n) is 12.9. The number of carbonyl (C=O) groups is 1. The minimum absolute atomic E-state index is 0.0639. The molecule has 1 aromatic carbocycles. The number of hydrogen-bond acceptors (Lipinski definition) is 4. The van der Waals surface area contributed by atoms with Gasteiger partial charge < -0.3 is 4.90 Å². The predicted octanol–water partition coefficient (Wildman–Crippen LogP) is 2.16. The average molecular weight is 331 g/mol. The highest BCUT2D eigenvalue weighted by atomic mass is 35.5. The molecule has 23 heavy (non-hydrogen) atoms. The second kappa shape index (κ2) is 7.08. The fraction of sp³-hybridized carbons (Fsp3) is 0.294. The van der Waals surface area contributed by atoms with Crippen LogP contribution in [-0.2, 0) is 11.3 Å². The molecule has 1 aliphatic heterocycles. The first-order chi connectivity index (χ1) is 11.1. The summed E-state index contributed by atoms with van der Waals surface area (Å²) in [5, 5.41) is 0.690. The van der Waals surface area contributed by atoms with Gasteiger partial charge >= 0.3 is 0 Å². The fourth-order valence-electron chi connectivity index (χ4n) is 2.81. The van der Waals surface area contributed by atoms with Crippen LogP contribution in [0.1, 0.15) is 17.3 Å². The molecule has 0 saturated carbocycles. The molecule has 5 nitrogen and oxygen atoms in total. The third kappa shape index (κ3) is 3.69. The van der Waals surface area contributed by atoms with Crippen LogP contribution in [0.4, 0.5) is 0 Å². The Balaban J connectivity index is 1.71. The molecule has 0 spiro atoms. The minimum atomic E-state index is -0.162. The highest BCUT2D eigenvalue weighted by Crippen LogP contribution is 2.27. The normalized spacial score (nSPS) is 20.4. The van der Waals surface area contributed by atoms with E-state index in [1.807, 2.05) is 49.5 Å². The number of benzene rings is 1. The highest BCUT2D eigenvalue weighted by molar-refractivity contribution is 6.30. The van der Waals surface area contributed by atoms with Gasteiger partial charge in [-0.2, -0.15) is 0 Å². The molecule has 0 aliphatic carbocycles. The summed E-state index contributed by atoms with van der Waals surface area (Å²) in [6, 6.07) is 13.2. The van der Waals surface area contributed by atoms with E-state index in [9.17, 15) is 4.79 Å². The van der Waals surface area contributed by atoms with Crippen LogP contribution in [0.2, 0.25) is 5.02 Å². The van der Waals surface area contributed by atoms with Crippen molar-refractivity contribution in [2.45, 2.75) is 12.6 Å². The lowest BCUT2D eigenvalue weighted by Crippen LogP contribution is -2.36. The lowest BCUT2D eigenvalue weighted by Gasteiger charge is -2.24. The molecule has 1 amide bonds. The second-order valence-corrected chi connectivity index (χ2v) is 6.11. The van der Waals surface area contributed by atoms with Crippen molar-refractivity contribution in [1.29, 1.82) is 0 Å². The largest absolute Gasteiger partial charge is 0.340 e. The van der Waals surface area contributed by atoms with Crippen LogP contribution in [0.3, 0.4) is 0 Å². The van der Waals surface area contributed by atoms with Crippen LogP contribution in [0.15, 0.2) is 48.7 Å². The van der Waals surface area contributed by atoms with E-state index in [0.29, 0.717) is 18.1 Å². The highest BCUT2D eigenvalue weighted by Gasteiger charge is 2.35. The number of amides is 1. The summed E-state index contributed by atoms with van der Waals surface area (Å²) in [4.78, 5) is 18.8. The van der Waals surface area contributed by atoms with Crippen molar-refractivity contribution in [3.05, 3.63) is 64.9 Å². The van der Waals surface area contributed by atoms with E-state index in [1.54, 1.807) is 11.1 Å². The number of halogens is 1. The predicted molar refractivity (Wildman–Crippen MR) is 89.5 cm³/mol. The molecule has 120 valence electrons. The maximum atomic E-state index is 12.8. The van der Waals surface area contributed by atoms with Crippen LogP contribution in [-0.4, -0.2) is 29.4 Å². The summed E-state index contributed by atoms with van der Waals surface area (Å²) < 4.78 is 0. The Morgan fingerprint density at radius 3 is 2.78 bits per heavy atom. The SMILES string of the molecule is CN(Cc1ccccn1)C(=O)C1CNNC1c1ccc(Cl)cc1. The Hall–Kier alpha value is -1.95. The first kappa shape index (κ1) is 15.9. The van der Waals surface area contributed by atoms with Gasteiger partial charge in [0.25, 0.3) is 0 Å². The first-order valence-corrected chi connectivity index (χ1v) is 7.91. The number of nitrogens with one attached hydrogen (secondary N) is 2.